The molecule has 0 aliphatic carbocycles. The lowest BCUT2D eigenvalue weighted by atomic mass is 10.1. The first-order valence-corrected chi connectivity index (χ1v) is 11.1. The molecule has 5 rings (SSSR count). The summed E-state index contributed by atoms with van der Waals surface area (Å²) in [6, 6.07) is 12.8. The molecular formula is C25H26FN5O. The second kappa shape index (κ2) is 8.57. The predicted molar refractivity (Wildman–Crippen MR) is 121 cm³/mol. The first-order valence-electron chi connectivity index (χ1n) is 11.1. The molecule has 1 aliphatic rings. The van der Waals surface area contributed by atoms with Gasteiger partial charge in [-0.1, -0.05) is 12.1 Å². The molecule has 4 heterocycles. The molecule has 2 atom stereocenters. The van der Waals surface area contributed by atoms with E-state index in [4.69, 9.17) is 4.98 Å². The second-order valence-electron chi connectivity index (χ2n) is 8.68. The van der Waals surface area contributed by atoms with Gasteiger partial charge in [-0.05, 0) is 61.6 Å². The summed E-state index contributed by atoms with van der Waals surface area (Å²) < 4.78 is 15.3. The van der Waals surface area contributed by atoms with Crippen molar-refractivity contribution in [3.8, 4) is 11.3 Å². The van der Waals surface area contributed by atoms with Crippen molar-refractivity contribution in [2.75, 3.05) is 6.54 Å². The maximum Gasteiger partial charge on any atom is 0.223 e. The van der Waals surface area contributed by atoms with Crippen molar-refractivity contribution in [3.05, 3.63) is 72.4 Å². The number of aryl methyl sites for hydroxylation is 1. The number of nitrogens with one attached hydrogen (secondary N) is 1. The molecule has 32 heavy (non-hydrogen) atoms. The van der Waals surface area contributed by atoms with E-state index in [0.717, 1.165) is 47.4 Å². The number of hydrogen-bond donors (Lipinski definition) is 1. The fourth-order valence-corrected chi connectivity index (χ4v) is 4.73. The molecule has 7 heteroatoms. The number of benzene rings is 1. The van der Waals surface area contributed by atoms with Crippen LogP contribution in [-0.4, -0.2) is 43.1 Å². The highest BCUT2D eigenvalue weighted by atomic mass is 19.1. The number of halogens is 1. The third kappa shape index (κ3) is 4.15. The number of nitrogens with zero attached hydrogens (tertiary/aromatic N) is 4. The summed E-state index contributed by atoms with van der Waals surface area (Å²) in [7, 11) is 0. The van der Waals surface area contributed by atoms with Crippen LogP contribution in [0.1, 0.15) is 25.3 Å². The highest BCUT2D eigenvalue weighted by Crippen LogP contribution is 2.28. The zero-order valence-corrected chi connectivity index (χ0v) is 18.0. The molecule has 4 aromatic rings. The van der Waals surface area contributed by atoms with Gasteiger partial charge in [-0.15, -0.1) is 0 Å². The lowest BCUT2D eigenvalue weighted by Crippen LogP contribution is -2.34. The molecule has 0 spiro atoms. The summed E-state index contributed by atoms with van der Waals surface area (Å²) in [5, 5.41) is 6.82. The Morgan fingerprint density at radius 3 is 2.81 bits per heavy atom. The molecule has 1 saturated heterocycles. The van der Waals surface area contributed by atoms with Crippen LogP contribution in [0.15, 0.2) is 61.1 Å². The van der Waals surface area contributed by atoms with E-state index in [0.29, 0.717) is 18.8 Å². The number of rotatable bonds is 6. The van der Waals surface area contributed by atoms with E-state index in [9.17, 15) is 9.18 Å². The molecule has 1 N–H and O–H groups in total. The van der Waals surface area contributed by atoms with Crippen LogP contribution in [0.25, 0.3) is 22.3 Å². The van der Waals surface area contributed by atoms with Gasteiger partial charge in [0.2, 0.25) is 5.91 Å². The smallest absolute Gasteiger partial charge is 0.223 e. The van der Waals surface area contributed by atoms with Crippen LogP contribution >= 0.6 is 0 Å². The number of carbonyl (C=O) groups is 1. The van der Waals surface area contributed by atoms with Gasteiger partial charge in [0.1, 0.15) is 5.82 Å². The summed E-state index contributed by atoms with van der Waals surface area (Å²) in [6.45, 7) is 3.76. The Hall–Kier alpha value is -3.48. The van der Waals surface area contributed by atoms with Gasteiger partial charge in [-0.25, -0.2) is 9.37 Å². The molecule has 0 radical (unpaired) electrons. The molecule has 164 valence electrons. The maximum absolute atomic E-state index is 13.1. The van der Waals surface area contributed by atoms with E-state index < -0.39 is 0 Å². The number of fused-ring (bicyclic) bond motifs is 1. The quantitative estimate of drug-likeness (QED) is 0.491. The third-order valence-corrected chi connectivity index (χ3v) is 6.40. The van der Waals surface area contributed by atoms with Crippen LogP contribution in [0.3, 0.4) is 0 Å². The van der Waals surface area contributed by atoms with E-state index >= 15 is 0 Å². The fraction of sp³-hybridized carbons (Fsp3) is 0.320. The van der Waals surface area contributed by atoms with Gasteiger partial charge >= 0.3 is 0 Å². The van der Waals surface area contributed by atoms with Crippen molar-refractivity contribution in [1.29, 1.82) is 0 Å². The molecule has 1 aromatic carbocycles. The molecule has 0 saturated carbocycles. The highest BCUT2D eigenvalue weighted by Gasteiger charge is 2.32. The Balaban J connectivity index is 1.22. The van der Waals surface area contributed by atoms with Gasteiger partial charge in [-0.3, -0.25) is 9.89 Å². The Kier molecular flexibility index (Phi) is 5.47. The monoisotopic (exact) mass is 431 g/mol. The zero-order chi connectivity index (χ0) is 22.1. The number of aromatic amines is 1. The number of H-pyrrole nitrogens is 1. The lowest BCUT2D eigenvalue weighted by molar-refractivity contribution is -0.131. The van der Waals surface area contributed by atoms with Crippen LogP contribution in [0, 0.1) is 11.7 Å². The average molecular weight is 432 g/mol. The molecule has 1 aliphatic heterocycles. The van der Waals surface area contributed by atoms with E-state index in [1.54, 1.807) is 18.3 Å². The molecule has 0 unspecified atom stereocenters. The van der Waals surface area contributed by atoms with E-state index in [1.165, 1.54) is 12.1 Å². The van der Waals surface area contributed by atoms with Gasteiger partial charge < -0.3 is 9.47 Å². The SMILES string of the molecule is C[C@@H]1C[C@H](Cn2ccc3nc(-c4cn[nH]c4)ccc32)CN1C(=O)CCc1ccc(F)cc1. The predicted octanol–water partition coefficient (Wildman–Crippen LogP) is 4.44. The first kappa shape index (κ1) is 20.4. The van der Waals surface area contributed by atoms with Crippen LogP contribution in [0.5, 0.6) is 0 Å². The third-order valence-electron chi connectivity index (χ3n) is 6.40. The standard InChI is InChI=1S/C25H26FN5O/c1-17-12-19(16-31(17)25(32)9-4-18-2-5-21(26)6-3-18)15-30-11-10-23-24(30)8-7-22(29-23)20-13-27-28-14-20/h2-3,5-8,10-11,13-14,17,19H,4,9,12,15-16H2,1H3,(H,27,28)/t17-,19-/m1/s1. The molecule has 1 fully saturated rings. The van der Waals surface area contributed by atoms with Gasteiger partial charge in [0.15, 0.2) is 0 Å². The Morgan fingerprint density at radius 1 is 1.19 bits per heavy atom. The summed E-state index contributed by atoms with van der Waals surface area (Å²) in [6.07, 6.45) is 7.78. The van der Waals surface area contributed by atoms with Crippen molar-refractivity contribution in [3.63, 3.8) is 0 Å². The van der Waals surface area contributed by atoms with E-state index in [-0.39, 0.29) is 17.8 Å². The minimum absolute atomic E-state index is 0.174. The van der Waals surface area contributed by atoms with E-state index in [1.807, 2.05) is 23.2 Å². The van der Waals surface area contributed by atoms with Gasteiger partial charge in [0.05, 0.1) is 22.9 Å². The fourth-order valence-electron chi connectivity index (χ4n) is 4.73. The number of pyridine rings is 1. The number of amides is 1. The summed E-state index contributed by atoms with van der Waals surface area (Å²) >= 11 is 0. The normalized spacial score (nSPS) is 18.5. The lowest BCUT2D eigenvalue weighted by Gasteiger charge is -2.21. The first-order chi connectivity index (χ1) is 15.6. The Labute approximate surface area is 186 Å². The summed E-state index contributed by atoms with van der Waals surface area (Å²) in [5.74, 6) is 0.332. The van der Waals surface area contributed by atoms with Gasteiger partial charge in [0, 0.05) is 43.5 Å². The number of aromatic nitrogens is 4. The summed E-state index contributed by atoms with van der Waals surface area (Å²) in [5.41, 5.74) is 4.92. The van der Waals surface area contributed by atoms with Gasteiger partial charge in [-0.2, -0.15) is 5.10 Å². The molecule has 3 aromatic heterocycles. The maximum atomic E-state index is 13.1. The minimum atomic E-state index is -0.249. The van der Waals surface area contributed by atoms with E-state index in [2.05, 4.69) is 34.0 Å². The van der Waals surface area contributed by atoms with Crippen molar-refractivity contribution in [2.45, 2.75) is 38.8 Å². The Morgan fingerprint density at radius 2 is 2.03 bits per heavy atom. The van der Waals surface area contributed by atoms with Crippen LogP contribution in [0.4, 0.5) is 4.39 Å². The van der Waals surface area contributed by atoms with Gasteiger partial charge in [0.25, 0.3) is 0 Å². The highest BCUT2D eigenvalue weighted by molar-refractivity contribution is 5.79. The molecular weight excluding hydrogens is 405 g/mol. The zero-order valence-electron chi connectivity index (χ0n) is 18.0. The molecule has 0 bridgehead atoms. The van der Waals surface area contributed by atoms with Crippen molar-refractivity contribution in [2.24, 2.45) is 5.92 Å². The largest absolute Gasteiger partial charge is 0.346 e. The number of carbonyl (C=O) groups excluding carboxylic acids is 1. The van der Waals surface area contributed by atoms with Crippen LogP contribution in [-0.2, 0) is 17.8 Å². The molecule has 6 nitrogen and oxygen atoms in total. The van der Waals surface area contributed by atoms with Crippen molar-refractivity contribution in [1.82, 2.24) is 24.6 Å². The van der Waals surface area contributed by atoms with Crippen LogP contribution in [0.2, 0.25) is 0 Å². The second-order valence-corrected chi connectivity index (χ2v) is 8.68. The minimum Gasteiger partial charge on any atom is -0.346 e. The van der Waals surface area contributed by atoms with Crippen molar-refractivity contribution < 1.29 is 9.18 Å². The number of hydrogen-bond acceptors (Lipinski definition) is 3. The average Bonchev–Trinajstić information content (AvgIpc) is 3.54. The molecule has 1 amide bonds. The topological polar surface area (TPSA) is 66.8 Å². The summed E-state index contributed by atoms with van der Waals surface area (Å²) in [4.78, 5) is 19.6. The van der Waals surface area contributed by atoms with Crippen molar-refractivity contribution >= 4 is 16.9 Å². The Bertz CT molecular complexity index is 1220. The number of likely N-dealkylation sites (tertiary alicyclic amines) is 1. The van der Waals surface area contributed by atoms with Crippen LogP contribution < -0.4 is 0 Å².